The maximum Gasteiger partial charge on any atom is 0.422 e. The van der Waals surface area contributed by atoms with Gasteiger partial charge in [0.25, 0.3) is 5.56 Å². The number of aromatic nitrogens is 5. The summed E-state index contributed by atoms with van der Waals surface area (Å²) in [5.41, 5.74) is -2.14. The molecule has 190 valence electrons. The maximum atomic E-state index is 13.4. The summed E-state index contributed by atoms with van der Waals surface area (Å²) in [5.74, 6) is -1.06. The fourth-order valence-electron chi connectivity index (χ4n) is 3.54. The maximum absolute atomic E-state index is 13.4. The third-order valence-electron chi connectivity index (χ3n) is 5.52. The number of H-pyrrole nitrogens is 1. The van der Waals surface area contributed by atoms with E-state index in [1.54, 1.807) is 13.0 Å². The van der Waals surface area contributed by atoms with E-state index in [-0.39, 0.29) is 25.3 Å². The molecular formula is C22H25F4N5O4. The van der Waals surface area contributed by atoms with Crippen LogP contribution in [0.4, 0.5) is 17.6 Å². The average molecular weight is 499 g/mol. The number of alkyl halides is 3. The fourth-order valence-corrected chi connectivity index (χ4v) is 3.54. The highest BCUT2D eigenvalue weighted by atomic mass is 19.4. The van der Waals surface area contributed by atoms with Crippen LogP contribution in [0.2, 0.25) is 0 Å². The molecular weight excluding hydrogens is 474 g/mol. The van der Waals surface area contributed by atoms with Crippen molar-refractivity contribution in [2.75, 3.05) is 6.61 Å². The second kappa shape index (κ2) is 10.8. The second-order valence-corrected chi connectivity index (χ2v) is 8.09. The zero-order valence-electron chi connectivity index (χ0n) is 18.9. The molecule has 1 atom stereocenters. The van der Waals surface area contributed by atoms with Gasteiger partial charge in [0, 0.05) is 6.54 Å². The Kier molecular flexibility index (Phi) is 8.10. The first-order valence-electron chi connectivity index (χ1n) is 10.9. The van der Waals surface area contributed by atoms with Gasteiger partial charge < -0.3 is 9.84 Å². The van der Waals surface area contributed by atoms with Gasteiger partial charge in [-0.3, -0.25) is 14.3 Å². The summed E-state index contributed by atoms with van der Waals surface area (Å²) in [7, 11) is 0. The van der Waals surface area contributed by atoms with E-state index >= 15 is 0 Å². The molecule has 0 unspecified atom stereocenters. The zero-order valence-corrected chi connectivity index (χ0v) is 18.9. The molecule has 0 radical (unpaired) electrons. The number of hydrogen-bond acceptors (Lipinski definition) is 6. The van der Waals surface area contributed by atoms with E-state index in [2.05, 4.69) is 10.3 Å². The smallest absolute Gasteiger partial charge is 0.422 e. The van der Waals surface area contributed by atoms with Crippen LogP contribution in [0.3, 0.4) is 0 Å². The highest BCUT2D eigenvalue weighted by Gasteiger charge is 2.31. The number of aromatic amines is 1. The molecule has 3 rings (SSSR count). The van der Waals surface area contributed by atoms with Gasteiger partial charge in [-0.1, -0.05) is 24.3 Å². The van der Waals surface area contributed by atoms with Crippen LogP contribution in [0.15, 0.2) is 46.2 Å². The summed E-state index contributed by atoms with van der Waals surface area (Å²) in [6.07, 6.45) is -0.283. The lowest BCUT2D eigenvalue weighted by atomic mass is 9.90. The summed E-state index contributed by atoms with van der Waals surface area (Å²) < 4.78 is 58.2. The van der Waals surface area contributed by atoms with E-state index in [4.69, 9.17) is 4.74 Å². The van der Waals surface area contributed by atoms with Crippen molar-refractivity contribution < 1.29 is 27.4 Å². The van der Waals surface area contributed by atoms with E-state index in [1.165, 1.54) is 29.1 Å². The lowest BCUT2D eigenvalue weighted by Crippen LogP contribution is -2.32. The van der Waals surface area contributed by atoms with Crippen molar-refractivity contribution in [3.8, 4) is 5.75 Å². The normalized spacial score (nSPS) is 13.5. The third-order valence-corrected chi connectivity index (χ3v) is 5.52. The first-order valence-corrected chi connectivity index (χ1v) is 10.9. The Morgan fingerprint density at radius 3 is 2.69 bits per heavy atom. The molecule has 0 bridgehead atoms. The van der Waals surface area contributed by atoms with Crippen LogP contribution in [0.1, 0.15) is 37.4 Å². The molecule has 0 saturated heterocycles. The van der Waals surface area contributed by atoms with Crippen molar-refractivity contribution in [1.29, 1.82) is 0 Å². The average Bonchev–Trinajstić information content (AvgIpc) is 3.24. The molecule has 0 spiro atoms. The van der Waals surface area contributed by atoms with Gasteiger partial charge in [-0.15, -0.1) is 5.10 Å². The molecule has 3 aromatic rings. The Bertz CT molecular complexity index is 1250. The van der Waals surface area contributed by atoms with E-state index in [0.29, 0.717) is 30.5 Å². The SMILES string of the molecule is CC[C@@](O)(Cn1nncc1CCCCn1cc(F)c(=O)[nH]c1=O)c1cccc(OCC(F)(F)F)c1. The van der Waals surface area contributed by atoms with E-state index in [9.17, 15) is 32.3 Å². The zero-order chi connectivity index (χ0) is 25.6. The van der Waals surface area contributed by atoms with Crippen molar-refractivity contribution in [2.24, 2.45) is 0 Å². The number of hydrogen-bond donors (Lipinski definition) is 2. The van der Waals surface area contributed by atoms with Crippen LogP contribution in [-0.4, -0.2) is 42.4 Å². The summed E-state index contributed by atoms with van der Waals surface area (Å²) in [6.45, 7) is 0.497. The van der Waals surface area contributed by atoms with Crippen LogP contribution in [0.5, 0.6) is 5.75 Å². The summed E-state index contributed by atoms with van der Waals surface area (Å²) in [5, 5.41) is 19.2. The number of ether oxygens (including phenoxy) is 1. The van der Waals surface area contributed by atoms with Crippen molar-refractivity contribution in [3.05, 3.63) is 74.6 Å². The molecule has 0 aliphatic heterocycles. The van der Waals surface area contributed by atoms with Gasteiger partial charge in [-0.05, 0) is 43.4 Å². The molecule has 0 saturated carbocycles. The van der Waals surface area contributed by atoms with E-state index in [0.717, 1.165) is 10.8 Å². The Morgan fingerprint density at radius 1 is 1.20 bits per heavy atom. The first kappa shape index (κ1) is 26.1. The number of nitrogens with zero attached hydrogens (tertiary/aromatic N) is 4. The number of nitrogens with one attached hydrogen (secondary N) is 1. The quantitative estimate of drug-likeness (QED) is 0.310. The minimum Gasteiger partial charge on any atom is -0.484 e. The van der Waals surface area contributed by atoms with Crippen molar-refractivity contribution >= 4 is 0 Å². The molecule has 1 aromatic carbocycles. The fraction of sp³-hybridized carbons (Fsp3) is 0.455. The van der Waals surface area contributed by atoms with Gasteiger partial charge in [-0.2, -0.15) is 17.6 Å². The number of aryl methyl sites for hydroxylation is 2. The second-order valence-electron chi connectivity index (χ2n) is 8.09. The topological polar surface area (TPSA) is 115 Å². The number of rotatable bonds is 11. The summed E-state index contributed by atoms with van der Waals surface area (Å²) in [4.78, 5) is 24.7. The monoisotopic (exact) mass is 499 g/mol. The molecule has 0 fully saturated rings. The van der Waals surface area contributed by atoms with Gasteiger partial charge in [0.1, 0.15) is 11.4 Å². The summed E-state index contributed by atoms with van der Waals surface area (Å²) >= 11 is 0. The standard InChI is InChI=1S/C22H25F4N5O4/c1-2-21(34,15-6-5-8-17(10-15)35-14-22(24,25)26)13-31-16(11-27-29-31)7-3-4-9-30-12-18(23)19(32)28-20(30)33/h5-6,8,10-12,34H,2-4,7,9,13-14H2,1H3,(H,28,32,33)/t21-/m1/s1. The van der Waals surface area contributed by atoms with Gasteiger partial charge in [0.15, 0.2) is 6.61 Å². The molecule has 35 heavy (non-hydrogen) atoms. The molecule has 0 amide bonds. The number of halogens is 4. The van der Waals surface area contributed by atoms with Crippen LogP contribution in [-0.2, 0) is 25.1 Å². The highest BCUT2D eigenvalue weighted by Crippen LogP contribution is 2.30. The van der Waals surface area contributed by atoms with Crippen LogP contribution in [0.25, 0.3) is 0 Å². The van der Waals surface area contributed by atoms with Crippen molar-refractivity contribution in [3.63, 3.8) is 0 Å². The molecule has 2 N–H and O–H groups in total. The number of aliphatic hydroxyl groups is 1. The third kappa shape index (κ3) is 7.01. The number of benzene rings is 1. The Balaban J connectivity index is 1.64. The Hall–Kier alpha value is -3.48. The van der Waals surface area contributed by atoms with Crippen LogP contribution < -0.4 is 16.0 Å². The minimum atomic E-state index is -4.48. The van der Waals surface area contributed by atoms with Crippen LogP contribution in [0, 0.1) is 5.82 Å². The molecule has 2 aromatic heterocycles. The van der Waals surface area contributed by atoms with Gasteiger partial charge in [0.05, 0.1) is 24.6 Å². The van der Waals surface area contributed by atoms with E-state index < -0.39 is 35.5 Å². The largest absolute Gasteiger partial charge is 0.484 e. The van der Waals surface area contributed by atoms with E-state index in [1.807, 2.05) is 4.98 Å². The predicted molar refractivity (Wildman–Crippen MR) is 116 cm³/mol. The van der Waals surface area contributed by atoms with Gasteiger partial charge in [-0.25, -0.2) is 9.48 Å². The van der Waals surface area contributed by atoms with Gasteiger partial charge in [0.2, 0.25) is 5.82 Å². The Morgan fingerprint density at radius 2 is 1.97 bits per heavy atom. The summed E-state index contributed by atoms with van der Waals surface area (Å²) in [6, 6.07) is 5.85. The molecule has 0 aliphatic carbocycles. The molecule has 0 aliphatic rings. The molecule has 2 heterocycles. The lowest BCUT2D eigenvalue weighted by molar-refractivity contribution is -0.153. The minimum absolute atomic E-state index is 0.00610. The van der Waals surface area contributed by atoms with Crippen molar-refractivity contribution in [1.82, 2.24) is 24.5 Å². The molecule has 9 nitrogen and oxygen atoms in total. The first-order chi connectivity index (χ1) is 16.5. The van der Waals surface area contributed by atoms with Gasteiger partial charge >= 0.3 is 11.9 Å². The number of unbranched alkanes of at least 4 members (excludes halogenated alkanes) is 1. The lowest BCUT2D eigenvalue weighted by Gasteiger charge is -2.28. The molecule has 13 heteroatoms. The highest BCUT2D eigenvalue weighted by molar-refractivity contribution is 5.32. The Labute approximate surface area is 197 Å². The van der Waals surface area contributed by atoms with Crippen LogP contribution >= 0.6 is 0 Å². The van der Waals surface area contributed by atoms with Crippen molar-refractivity contribution in [2.45, 2.75) is 57.5 Å². The predicted octanol–water partition coefficient (Wildman–Crippen LogP) is 2.53.